The summed E-state index contributed by atoms with van der Waals surface area (Å²) in [4.78, 5) is 0. The van der Waals surface area contributed by atoms with Gasteiger partial charge in [0.15, 0.2) is 0 Å². The quantitative estimate of drug-likeness (QED) is 0.824. The maximum atomic E-state index is 9.16. The zero-order valence-corrected chi connectivity index (χ0v) is 14.5. The van der Waals surface area contributed by atoms with Gasteiger partial charge in [-0.05, 0) is 73.8 Å². The molecule has 1 heterocycles. The van der Waals surface area contributed by atoms with Gasteiger partial charge < -0.3 is 9.84 Å². The second kappa shape index (κ2) is 8.30. The van der Waals surface area contributed by atoms with Crippen LogP contribution in [0.25, 0.3) is 0 Å². The molecule has 1 aromatic rings. The van der Waals surface area contributed by atoms with Gasteiger partial charge in [0.1, 0.15) is 0 Å². The smallest absolute Gasteiger partial charge is 0.0681 e. The third-order valence-electron chi connectivity index (χ3n) is 6.03. The lowest BCUT2D eigenvalue weighted by molar-refractivity contribution is -0.0575. The van der Waals surface area contributed by atoms with Gasteiger partial charge in [0, 0.05) is 6.61 Å². The van der Waals surface area contributed by atoms with E-state index in [1.165, 1.54) is 56.9 Å². The Morgan fingerprint density at radius 3 is 2.30 bits per heavy atom. The predicted octanol–water partition coefficient (Wildman–Crippen LogP) is 5.05. The molecule has 2 aliphatic rings. The van der Waals surface area contributed by atoms with Crippen LogP contribution in [0, 0.1) is 11.8 Å². The van der Waals surface area contributed by atoms with Crippen LogP contribution < -0.4 is 0 Å². The van der Waals surface area contributed by atoms with E-state index in [0.717, 1.165) is 24.0 Å². The van der Waals surface area contributed by atoms with Gasteiger partial charge in [-0.1, -0.05) is 37.6 Å². The first-order chi connectivity index (χ1) is 11.3. The van der Waals surface area contributed by atoms with Crippen molar-refractivity contribution in [1.82, 2.24) is 0 Å². The summed E-state index contributed by atoms with van der Waals surface area (Å²) in [6.07, 6.45) is 11.0. The molecule has 1 aliphatic heterocycles. The van der Waals surface area contributed by atoms with Gasteiger partial charge in [0.25, 0.3) is 0 Å². The molecule has 0 spiro atoms. The minimum Gasteiger partial charge on any atom is -0.392 e. The van der Waals surface area contributed by atoms with Crippen LogP contribution in [0.15, 0.2) is 24.3 Å². The minimum atomic E-state index is 0.144. The number of hydrogen-bond acceptors (Lipinski definition) is 2. The molecule has 1 N–H and O–H groups in total. The summed E-state index contributed by atoms with van der Waals surface area (Å²) in [5.74, 6) is 2.30. The molecule has 0 aromatic heterocycles. The second-order valence-corrected chi connectivity index (χ2v) is 7.62. The molecule has 1 saturated carbocycles. The second-order valence-electron chi connectivity index (χ2n) is 7.62. The van der Waals surface area contributed by atoms with Crippen molar-refractivity contribution >= 4 is 0 Å². The lowest BCUT2D eigenvalue weighted by atomic mass is 9.75. The molecule has 1 aliphatic carbocycles. The number of ether oxygens (including phenoxy) is 1. The highest BCUT2D eigenvalue weighted by Gasteiger charge is 2.31. The lowest BCUT2D eigenvalue weighted by Crippen LogP contribution is -2.33. The lowest BCUT2D eigenvalue weighted by Gasteiger charge is -2.38. The fraction of sp³-hybridized carbons (Fsp3) is 0.714. The van der Waals surface area contributed by atoms with Crippen LogP contribution in [0.5, 0.6) is 0 Å². The highest BCUT2D eigenvalue weighted by molar-refractivity contribution is 5.25. The summed E-state index contributed by atoms with van der Waals surface area (Å²) in [5, 5.41) is 9.16. The van der Waals surface area contributed by atoms with E-state index in [1.54, 1.807) is 0 Å². The van der Waals surface area contributed by atoms with Gasteiger partial charge in [0.2, 0.25) is 0 Å². The van der Waals surface area contributed by atoms with E-state index in [0.29, 0.717) is 12.0 Å². The van der Waals surface area contributed by atoms with Crippen molar-refractivity contribution in [2.24, 2.45) is 11.8 Å². The van der Waals surface area contributed by atoms with Crippen molar-refractivity contribution < 1.29 is 9.84 Å². The number of aliphatic hydroxyl groups is 1. The Morgan fingerprint density at radius 1 is 1.00 bits per heavy atom. The summed E-state index contributed by atoms with van der Waals surface area (Å²) < 4.78 is 6.23. The molecule has 1 saturated heterocycles. The summed E-state index contributed by atoms with van der Waals surface area (Å²) in [6, 6.07) is 8.56. The normalized spacial score (nSPS) is 31.9. The molecule has 2 heteroatoms. The largest absolute Gasteiger partial charge is 0.392 e. The monoisotopic (exact) mass is 316 g/mol. The Bertz CT molecular complexity index is 451. The fourth-order valence-electron chi connectivity index (χ4n) is 4.55. The SMILES string of the molecule is CCCC1CCC(C2CCC(c3ccc(CO)cc3)CC2)OC1. The molecule has 3 rings (SSSR count). The zero-order chi connectivity index (χ0) is 16.1. The molecule has 1 aromatic carbocycles. The Labute approximate surface area is 141 Å². The van der Waals surface area contributed by atoms with Crippen LogP contribution in [0.4, 0.5) is 0 Å². The fourth-order valence-corrected chi connectivity index (χ4v) is 4.55. The molecule has 0 bridgehead atoms. The first-order valence-corrected chi connectivity index (χ1v) is 9.61. The first-order valence-electron chi connectivity index (χ1n) is 9.61. The van der Waals surface area contributed by atoms with Crippen molar-refractivity contribution in [2.45, 2.75) is 76.9 Å². The van der Waals surface area contributed by atoms with E-state index in [2.05, 4.69) is 31.2 Å². The average molecular weight is 316 g/mol. The molecule has 2 atom stereocenters. The van der Waals surface area contributed by atoms with Gasteiger partial charge in [0.05, 0.1) is 12.7 Å². The molecule has 0 amide bonds. The third kappa shape index (κ3) is 4.36. The van der Waals surface area contributed by atoms with Crippen LogP contribution >= 0.6 is 0 Å². The van der Waals surface area contributed by atoms with Gasteiger partial charge in [-0.2, -0.15) is 0 Å². The van der Waals surface area contributed by atoms with Crippen molar-refractivity contribution in [3.05, 3.63) is 35.4 Å². The molecular weight excluding hydrogens is 284 g/mol. The maximum absolute atomic E-state index is 9.16. The number of hydrogen-bond donors (Lipinski definition) is 1. The van der Waals surface area contributed by atoms with Crippen molar-refractivity contribution in [3.63, 3.8) is 0 Å². The molecule has 2 unspecified atom stereocenters. The summed E-state index contributed by atoms with van der Waals surface area (Å²) in [7, 11) is 0. The predicted molar refractivity (Wildman–Crippen MR) is 94.4 cm³/mol. The summed E-state index contributed by atoms with van der Waals surface area (Å²) in [5.41, 5.74) is 2.47. The molecule has 2 nitrogen and oxygen atoms in total. The first kappa shape index (κ1) is 17.0. The van der Waals surface area contributed by atoms with E-state index in [4.69, 9.17) is 9.84 Å². The van der Waals surface area contributed by atoms with E-state index in [1.807, 2.05) is 0 Å². The zero-order valence-electron chi connectivity index (χ0n) is 14.5. The van der Waals surface area contributed by atoms with Crippen LogP contribution in [-0.2, 0) is 11.3 Å². The Balaban J connectivity index is 1.46. The van der Waals surface area contributed by atoms with Gasteiger partial charge >= 0.3 is 0 Å². The molecule has 23 heavy (non-hydrogen) atoms. The van der Waals surface area contributed by atoms with Crippen LogP contribution in [-0.4, -0.2) is 17.8 Å². The third-order valence-corrected chi connectivity index (χ3v) is 6.03. The molecule has 0 radical (unpaired) electrons. The van der Waals surface area contributed by atoms with E-state index < -0.39 is 0 Å². The van der Waals surface area contributed by atoms with Gasteiger partial charge in [-0.25, -0.2) is 0 Å². The summed E-state index contributed by atoms with van der Waals surface area (Å²) in [6.45, 7) is 3.42. The highest BCUT2D eigenvalue weighted by atomic mass is 16.5. The maximum Gasteiger partial charge on any atom is 0.0681 e. The van der Waals surface area contributed by atoms with Crippen LogP contribution in [0.2, 0.25) is 0 Å². The topological polar surface area (TPSA) is 29.5 Å². The number of benzene rings is 1. The molecule has 2 fully saturated rings. The van der Waals surface area contributed by atoms with Gasteiger partial charge in [-0.3, -0.25) is 0 Å². The molecule has 128 valence electrons. The summed E-state index contributed by atoms with van der Waals surface area (Å²) >= 11 is 0. The number of aliphatic hydroxyl groups excluding tert-OH is 1. The standard InChI is InChI=1S/C21H32O2/c1-2-3-17-6-13-21(23-15-17)20-11-9-19(10-12-20)18-7-4-16(14-22)5-8-18/h4-5,7-8,17,19-22H,2-3,6,9-15H2,1H3. The Hall–Kier alpha value is -0.860. The van der Waals surface area contributed by atoms with Crippen molar-refractivity contribution in [3.8, 4) is 0 Å². The van der Waals surface area contributed by atoms with E-state index in [9.17, 15) is 0 Å². The van der Waals surface area contributed by atoms with E-state index >= 15 is 0 Å². The number of rotatable bonds is 5. The van der Waals surface area contributed by atoms with Crippen molar-refractivity contribution in [2.75, 3.05) is 6.61 Å². The highest BCUT2D eigenvalue weighted by Crippen LogP contribution is 2.40. The van der Waals surface area contributed by atoms with Crippen LogP contribution in [0.3, 0.4) is 0 Å². The Kier molecular flexibility index (Phi) is 6.13. The van der Waals surface area contributed by atoms with Crippen molar-refractivity contribution in [1.29, 1.82) is 0 Å². The van der Waals surface area contributed by atoms with E-state index in [-0.39, 0.29) is 6.61 Å². The Morgan fingerprint density at radius 2 is 1.74 bits per heavy atom. The van der Waals surface area contributed by atoms with Gasteiger partial charge in [-0.15, -0.1) is 0 Å². The van der Waals surface area contributed by atoms with Crippen LogP contribution in [0.1, 0.15) is 75.3 Å². The molecular formula is C21H32O2. The minimum absolute atomic E-state index is 0.144. The average Bonchev–Trinajstić information content (AvgIpc) is 2.63.